The fraction of sp³-hybridized carbons (Fsp3) is 0.200. The minimum atomic E-state index is -0.600. The zero-order chi connectivity index (χ0) is 10.6. The van der Waals surface area contributed by atoms with Crippen LogP contribution in [0.3, 0.4) is 0 Å². The van der Waals surface area contributed by atoms with Gasteiger partial charge in [0.25, 0.3) is 0 Å². The summed E-state index contributed by atoms with van der Waals surface area (Å²) in [5.41, 5.74) is 0.292. The van der Waals surface area contributed by atoms with Crippen molar-refractivity contribution in [2.75, 3.05) is 11.9 Å². The average molecular weight is 262 g/mol. The Kier molecular flexibility index (Phi) is 4.07. The van der Waals surface area contributed by atoms with Crippen molar-refractivity contribution in [3.8, 4) is 0 Å². The van der Waals surface area contributed by atoms with Crippen molar-refractivity contribution in [1.82, 2.24) is 0 Å². The first kappa shape index (κ1) is 11.2. The first-order chi connectivity index (χ1) is 6.65. The Morgan fingerprint density at radius 1 is 1.36 bits per heavy atom. The second-order valence-electron chi connectivity index (χ2n) is 2.75. The molecule has 1 N–H and O–H groups in total. The van der Waals surface area contributed by atoms with E-state index in [9.17, 15) is 8.78 Å². The fourth-order valence-electron chi connectivity index (χ4n) is 0.967. The van der Waals surface area contributed by atoms with E-state index in [4.69, 9.17) is 0 Å². The number of benzene rings is 1. The lowest BCUT2D eigenvalue weighted by molar-refractivity contribution is 0.580. The van der Waals surface area contributed by atoms with Crippen LogP contribution in [0.4, 0.5) is 14.5 Å². The lowest BCUT2D eigenvalue weighted by Gasteiger charge is -2.06. The number of hydrogen-bond acceptors (Lipinski definition) is 1. The van der Waals surface area contributed by atoms with Crippen LogP contribution in [0.1, 0.15) is 6.42 Å². The van der Waals surface area contributed by atoms with E-state index in [2.05, 4.69) is 27.8 Å². The second-order valence-corrected chi connectivity index (χ2v) is 3.60. The smallest absolute Gasteiger partial charge is 0.149 e. The number of nitrogens with one attached hydrogen (secondary N) is 1. The predicted octanol–water partition coefficient (Wildman–Crippen LogP) is 3.72. The van der Waals surface area contributed by atoms with Crippen LogP contribution in [0.25, 0.3) is 0 Å². The van der Waals surface area contributed by atoms with Gasteiger partial charge in [-0.15, -0.1) is 6.58 Å². The first-order valence-corrected chi connectivity index (χ1v) is 4.93. The highest BCUT2D eigenvalue weighted by atomic mass is 79.9. The van der Waals surface area contributed by atoms with Gasteiger partial charge in [-0.1, -0.05) is 6.08 Å². The van der Waals surface area contributed by atoms with Crippen molar-refractivity contribution >= 4 is 21.6 Å². The summed E-state index contributed by atoms with van der Waals surface area (Å²) in [4.78, 5) is 0. The van der Waals surface area contributed by atoms with Crippen LogP contribution >= 0.6 is 15.9 Å². The summed E-state index contributed by atoms with van der Waals surface area (Å²) in [5, 5.41) is 2.84. The minimum Gasteiger partial charge on any atom is -0.382 e. The molecule has 0 aromatic heterocycles. The topological polar surface area (TPSA) is 12.0 Å². The van der Waals surface area contributed by atoms with Gasteiger partial charge in [0, 0.05) is 12.6 Å². The molecule has 4 heteroatoms. The molecule has 76 valence electrons. The molecule has 0 aliphatic heterocycles. The average Bonchev–Trinajstić information content (AvgIpc) is 2.14. The van der Waals surface area contributed by atoms with Crippen molar-refractivity contribution < 1.29 is 8.78 Å². The highest BCUT2D eigenvalue weighted by Crippen LogP contribution is 2.23. The molecule has 0 spiro atoms. The molecule has 1 rings (SSSR count). The summed E-state index contributed by atoms with van der Waals surface area (Å²) < 4.78 is 26.2. The third-order valence-corrected chi connectivity index (χ3v) is 2.28. The van der Waals surface area contributed by atoms with Crippen molar-refractivity contribution in [1.29, 1.82) is 0 Å². The Hall–Kier alpha value is -0.900. The molecular weight excluding hydrogens is 252 g/mol. The summed E-state index contributed by atoms with van der Waals surface area (Å²) in [6.07, 6.45) is 2.46. The van der Waals surface area contributed by atoms with Gasteiger partial charge in [-0.3, -0.25) is 0 Å². The van der Waals surface area contributed by atoms with Crippen LogP contribution in [0.2, 0.25) is 0 Å². The number of halogens is 3. The lowest BCUT2D eigenvalue weighted by atomic mass is 10.3. The van der Waals surface area contributed by atoms with E-state index in [1.165, 1.54) is 6.07 Å². The van der Waals surface area contributed by atoms with Gasteiger partial charge >= 0.3 is 0 Å². The highest BCUT2D eigenvalue weighted by Gasteiger charge is 2.06. The summed E-state index contributed by atoms with van der Waals surface area (Å²) in [6.45, 7) is 4.12. The van der Waals surface area contributed by atoms with Crippen molar-refractivity contribution in [3.63, 3.8) is 0 Å². The van der Waals surface area contributed by atoms with E-state index in [0.29, 0.717) is 12.2 Å². The zero-order valence-electron chi connectivity index (χ0n) is 7.49. The molecule has 0 saturated heterocycles. The maximum Gasteiger partial charge on any atom is 0.149 e. The fourth-order valence-corrected chi connectivity index (χ4v) is 1.31. The monoisotopic (exact) mass is 261 g/mol. The lowest BCUT2D eigenvalue weighted by Crippen LogP contribution is -2.02. The first-order valence-electron chi connectivity index (χ1n) is 4.14. The largest absolute Gasteiger partial charge is 0.382 e. The van der Waals surface area contributed by atoms with Gasteiger partial charge in [0.05, 0.1) is 10.2 Å². The number of hydrogen-bond donors (Lipinski definition) is 1. The van der Waals surface area contributed by atoms with Gasteiger partial charge in [0.15, 0.2) is 0 Å². The van der Waals surface area contributed by atoms with Crippen molar-refractivity contribution in [3.05, 3.63) is 40.9 Å². The molecule has 14 heavy (non-hydrogen) atoms. The molecule has 0 fully saturated rings. The van der Waals surface area contributed by atoms with Crippen LogP contribution < -0.4 is 5.32 Å². The predicted molar refractivity (Wildman–Crippen MR) is 57.4 cm³/mol. The molecule has 0 unspecified atom stereocenters. The van der Waals surface area contributed by atoms with E-state index in [-0.39, 0.29) is 4.47 Å². The van der Waals surface area contributed by atoms with Crippen LogP contribution in [-0.4, -0.2) is 6.54 Å². The van der Waals surface area contributed by atoms with Gasteiger partial charge in [-0.2, -0.15) is 0 Å². The molecule has 1 nitrogen and oxygen atoms in total. The zero-order valence-corrected chi connectivity index (χ0v) is 9.07. The molecule has 0 bridgehead atoms. The van der Waals surface area contributed by atoms with Gasteiger partial charge in [-0.25, -0.2) is 8.78 Å². The maximum absolute atomic E-state index is 13.1. The molecular formula is C10H10BrF2N. The Morgan fingerprint density at radius 3 is 2.71 bits per heavy atom. The van der Waals surface area contributed by atoms with Gasteiger partial charge < -0.3 is 5.32 Å². The van der Waals surface area contributed by atoms with E-state index < -0.39 is 11.6 Å². The van der Waals surface area contributed by atoms with E-state index >= 15 is 0 Å². The molecule has 0 heterocycles. The standard InChI is InChI=1S/C10H10BrF2N/c1-2-3-4-14-10-5-7(11)8(12)6-9(10)13/h2,5-6,14H,1,3-4H2. The molecule has 1 aromatic carbocycles. The Labute approximate surface area is 90.0 Å². The molecule has 1 aromatic rings. The van der Waals surface area contributed by atoms with Crippen LogP contribution in [0, 0.1) is 11.6 Å². The van der Waals surface area contributed by atoms with Crippen LogP contribution in [-0.2, 0) is 0 Å². The SMILES string of the molecule is C=CCCNc1cc(Br)c(F)cc1F. The van der Waals surface area contributed by atoms with E-state index in [0.717, 1.165) is 12.5 Å². The van der Waals surface area contributed by atoms with E-state index in [1.54, 1.807) is 6.08 Å². The molecule has 0 aliphatic rings. The summed E-state index contributed by atoms with van der Waals surface area (Å²) in [7, 11) is 0. The van der Waals surface area contributed by atoms with Crippen LogP contribution in [0.15, 0.2) is 29.3 Å². The number of rotatable bonds is 4. The molecule has 0 saturated carbocycles. The van der Waals surface area contributed by atoms with E-state index in [1.807, 2.05) is 0 Å². The van der Waals surface area contributed by atoms with Gasteiger partial charge in [0.2, 0.25) is 0 Å². The molecule has 0 aliphatic carbocycles. The molecule has 0 amide bonds. The summed E-state index contributed by atoms with van der Waals surface area (Å²) >= 11 is 2.99. The molecule has 0 atom stereocenters. The van der Waals surface area contributed by atoms with Crippen molar-refractivity contribution in [2.45, 2.75) is 6.42 Å². The quantitative estimate of drug-likeness (QED) is 0.495. The Balaban J connectivity index is 2.76. The maximum atomic E-state index is 13.1. The Bertz CT molecular complexity index is 339. The summed E-state index contributed by atoms with van der Waals surface area (Å²) in [5.74, 6) is -1.19. The third kappa shape index (κ3) is 2.80. The van der Waals surface area contributed by atoms with Crippen LogP contribution in [0.5, 0.6) is 0 Å². The minimum absolute atomic E-state index is 0.250. The normalized spacial score (nSPS) is 9.93. The molecule has 0 radical (unpaired) electrons. The summed E-state index contributed by atoms with van der Waals surface area (Å²) in [6, 6.07) is 2.23. The van der Waals surface area contributed by atoms with Gasteiger partial charge in [-0.05, 0) is 28.4 Å². The highest BCUT2D eigenvalue weighted by molar-refractivity contribution is 9.10. The third-order valence-electron chi connectivity index (χ3n) is 1.67. The van der Waals surface area contributed by atoms with Gasteiger partial charge in [0.1, 0.15) is 11.6 Å². The number of anilines is 1. The van der Waals surface area contributed by atoms with Crippen molar-refractivity contribution in [2.24, 2.45) is 0 Å². The Morgan fingerprint density at radius 2 is 2.07 bits per heavy atom. The second kappa shape index (κ2) is 5.10.